The van der Waals surface area contributed by atoms with Gasteiger partial charge in [-0.05, 0) is 55.0 Å². The quantitative estimate of drug-likeness (QED) is 0.662. The van der Waals surface area contributed by atoms with Gasteiger partial charge in [-0.1, -0.05) is 17.8 Å². The van der Waals surface area contributed by atoms with E-state index in [2.05, 4.69) is 10.3 Å². The zero-order valence-corrected chi connectivity index (χ0v) is 17.7. The zero-order chi connectivity index (χ0) is 20.2. The molecule has 1 unspecified atom stereocenters. The highest BCUT2D eigenvalue weighted by molar-refractivity contribution is 7.99. The average Bonchev–Trinajstić information content (AvgIpc) is 3.41. The Labute approximate surface area is 177 Å². The van der Waals surface area contributed by atoms with Gasteiger partial charge in [-0.2, -0.15) is 0 Å². The third-order valence-corrected chi connectivity index (χ3v) is 6.85. The summed E-state index contributed by atoms with van der Waals surface area (Å²) >= 11 is 2.98. The highest BCUT2D eigenvalue weighted by Crippen LogP contribution is 2.27. The van der Waals surface area contributed by atoms with Crippen LogP contribution in [0.1, 0.15) is 28.9 Å². The van der Waals surface area contributed by atoms with Crippen LogP contribution in [-0.4, -0.2) is 38.9 Å². The summed E-state index contributed by atoms with van der Waals surface area (Å²) in [5, 5.41) is 5.77. The van der Waals surface area contributed by atoms with E-state index >= 15 is 0 Å². The summed E-state index contributed by atoms with van der Waals surface area (Å²) in [5.41, 5.74) is 0.730. The van der Waals surface area contributed by atoms with Crippen molar-refractivity contribution in [2.45, 2.75) is 35.4 Å². The standard InChI is InChI=1S/C21H22N4O2S2/c1-24-13-11-22-21(24)29-16-9-7-15(8-10-16)23-19(26)17-5-2-3-12-25(17)20(27)18-6-4-14-28-18/h4,6-11,13-14,17H,2-3,5,12H2,1H3,(H,23,26). The lowest BCUT2D eigenvalue weighted by atomic mass is 10.0. The predicted octanol–water partition coefficient (Wildman–Crippen LogP) is 4.27. The number of nitrogens with zero attached hydrogens (tertiary/aromatic N) is 3. The number of thiophene rings is 1. The molecule has 1 aliphatic rings. The second-order valence-electron chi connectivity index (χ2n) is 6.92. The lowest BCUT2D eigenvalue weighted by Crippen LogP contribution is -2.49. The van der Waals surface area contributed by atoms with Crippen molar-refractivity contribution in [2.24, 2.45) is 7.05 Å². The van der Waals surface area contributed by atoms with E-state index in [1.54, 1.807) is 22.9 Å². The first kappa shape index (κ1) is 19.7. The topological polar surface area (TPSA) is 67.2 Å². The molecular weight excluding hydrogens is 404 g/mol. The van der Waals surface area contributed by atoms with Crippen LogP contribution in [0.25, 0.3) is 0 Å². The third kappa shape index (κ3) is 4.54. The van der Waals surface area contributed by atoms with Crippen molar-refractivity contribution in [3.63, 3.8) is 0 Å². The fourth-order valence-corrected chi connectivity index (χ4v) is 4.86. The second-order valence-corrected chi connectivity index (χ2v) is 8.91. The SMILES string of the molecule is Cn1ccnc1Sc1ccc(NC(=O)C2CCCCN2C(=O)c2cccs2)cc1. The van der Waals surface area contributed by atoms with E-state index in [1.807, 2.05) is 59.6 Å². The molecule has 1 fully saturated rings. The first-order valence-electron chi connectivity index (χ1n) is 9.52. The molecule has 3 aromatic rings. The minimum atomic E-state index is -0.431. The minimum absolute atomic E-state index is 0.0540. The summed E-state index contributed by atoms with van der Waals surface area (Å²) in [6.07, 6.45) is 6.25. The van der Waals surface area contributed by atoms with Crippen molar-refractivity contribution >= 4 is 40.6 Å². The number of imidazole rings is 1. The molecule has 1 aliphatic heterocycles. The van der Waals surface area contributed by atoms with Crippen molar-refractivity contribution < 1.29 is 9.59 Å². The number of anilines is 1. The Balaban J connectivity index is 1.42. The van der Waals surface area contributed by atoms with E-state index in [1.165, 1.54) is 11.3 Å². The van der Waals surface area contributed by atoms with Crippen LogP contribution in [0.3, 0.4) is 0 Å². The molecule has 1 atom stereocenters. The number of aromatic nitrogens is 2. The molecule has 1 saturated heterocycles. The molecule has 29 heavy (non-hydrogen) atoms. The molecule has 0 saturated carbocycles. The number of carbonyl (C=O) groups excluding carboxylic acids is 2. The highest BCUT2D eigenvalue weighted by Gasteiger charge is 2.33. The zero-order valence-electron chi connectivity index (χ0n) is 16.1. The number of hydrogen-bond donors (Lipinski definition) is 1. The van der Waals surface area contributed by atoms with E-state index in [0.29, 0.717) is 17.8 Å². The van der Waals surface area contributed by atoms with Crippen molar-refractivity contribution in [1.82, 2.24) is 14.5 Å². The number of hydrogen-bond acceptors (Lipinski definition) is 5. The Kier molecular flexibility index (Phi) is 6.01. The van der Waals surface area contributed by atoms with Gasteiger partial charge in [0.05, 0.1) is 4.88 Å². The Morgan fingerprint density at radius 1 is 1.21 bits per heavy atom. The van der Waals surface area contributed by atoms with E-state index in [9.17, 15) is 9.59 Å². The molecule has 1 aromatic carbocycles. The maximum absolute atomic E-state index is 12.9. The minimum Gasteiger partial charge on any atom is -0.329 e. The van der Waals surface area contributed by atoms with Gasteiger partial charge in [-0.3, -0.25) is 9.59 Å². The number of benzene rings is 1. The molecule has 2 aromatic heterocycles. The fraction of sp³-hybridized carbons (Fsp3) is 0.286. The monoisotopic (exact) mass is 426 g/mol. The maximum Gasteiger partial charge on any atom is 0.264 e. The van der Waals surface area contributed by atoms with Crippen LogP contribution >= 0.6 is 23.1 Å². The van der Waals surface area contributed by atoms with E-state index in [0.717, 1.165) is 28.6 Å². The van der Waals surface area contributed by atoms with Gasteiger partial charge in [0.2, 0.25) is 5.91 Å². The molecular formula is C21H22N4O2S2. The van der Waals surface area contributed by atoms with Crippen LogP contribution in [0.15, 0.2) is 64.2 Å². The van der Waals surface area contributed by atoms with Gasteiger partial charge in [0.25, 0.3) is 5.91 Å². The van der Waals surface area contributed by atoms with Crippen molar-refractivity contribution in [3.05, 3.63) is 59.0 Å². The Morgan fingerprint density at radius 3 is 2.72 bits per heavy atom. The van der Waals surface area contributed by atoms with Gasteiger partial charge in [-0.15, -0.1) is 11.3 Å². The first-order valence-corrected chi connectivity index (χ1v) is 11.2. The van der Waals surface area contributed by atoms with Crippen molar-refractivity contribution in [2.75, 3.05) is 11.9 Å². The average molecular weight is 427 g/mol. The third-order valence-electron chi connectivity index (χ3n) is 4.91. The lowest BCUT2D eigenvalue weighted by molar-refractivity contribution is -0.121. The number of aryl methyl sites for hydroxylation is 1. The molecule has 4 rings (SSSR count). The van der Waals surface area contributed by atoms with Crippen LogP contribution in [0.2, 0.25) is 0 Å². The van der Waals surface area contributed by atoms with Gasteiger partial charge < -0.3 is 14.8 Å². The maximum atomic E-state index is 12.9. The van der Waals surface area contributed by atoms with Gasteiger partial charge in [0, 0.05) is 36.6 Å². The number of rotatable bonds is 5. The Bertz CT molecular complexity index is 983. The van der Waals surface area contributed by atoms with Gasteiger partial charge in [-0.25, -0.2) is 4.98 Å². The summed E-state index contributed by atoms with van der Waals surface area (Å²) in [7, 11) is 1.96. The normalized spacial score (nSPS) is 16.6. The summed E-state index contributed by atoms with van der Waals surface area (Å²) < 4.78 is 1.96. The highest BCUT2D eigenvalue weighted by atomic mass is 32.2. The molecule has 1 N–H and O–H groups in total. The molecule has 2 amide bonds. The smallest absolute Gasteiger partial charge is 0.264 e. The van der Waals surface area contributed by atoms with Crippen LogP contribution in [0.4, 0.5) is 5.69 Å². The molecule has 3 heterocycles. The number of nitrogens with one attached hydrogen (secondary N) is 1. The number of amides is 2. The number of carbonyl (C=O) groups is 2. The second kappa shape index (κ2) is 8.84. The number of piperidine rings is 1. The Morgan fingerprint density at radius 2 is 2.03 bits per heavy atom. The van der Waals surface area contributed by atoms with Crippen LogP contribution in [-0.2, 0) is 11.8 Å². The van der Waals surface area contributed by atoms with Crippen molar-refractivity contribution in [3.8, 4) is 0 Å². The molecule has 8 heteroatoms. The summed E-state index contributed by atoms with van der Waals surface area (Å²) in [6.45, 7) is 0.619. The largest absolute Gasteiger partial charge is 0.329 e. The molecule has 150 valence electrons. The van der Waals surface area contributed by atoms with Crippen LogP contribution < -0.4 is 5.32 Å². The lowest BCUT2D eigenvalue weighted by Gasteiger charge is -2.34. The number of likely N-dealkylation sites (tertiary alicyclic amines) is 1. The summed E-state index contributed by atoms with van der Waals surface area (Å²) in [5.74, 6) is -0.180. The summed E-state index contributed by atoms with van der Waals surface area (Å²) in [6, 6.07) is 10.9. The van der Waals surface area contributed by atoms with Crippen LogP contribution in [0, 0.1) is 0 Å². The van der Waals surface area contributed by atoms with Crippen molar-refractivity contribution in [1.29, 1.82) is 0 Å². The Hall–Kier alpha value is -2.58. The molecule has 6 nitrogen and oxygen atoms in total. The van der Waals surface area contributed by atoms with Gasteiger partial charge in [0.15, 0.2) is 5.16 Å². The molecule has 0 aliphatic carbocycles. The predicted molar refractivity (Wildman–Crippen MR) is 115 cm³/mol. The van der Waals surface area contributed by atoms with E-state index < -0.39 is 6.04 Å². The summed E-state index contributed by atoms with van der Waals surface area (Å²) in [4.78, 5) is 33.5. The molecule has 0 bridgehead atoms. The molecule has 0 radical (unpaired) electrons. The van der Waals surface area contributed by atoms with E-state index in [-0.39, 0.29) is 11.8 Å². The van der Waals surface area contributed by atoms with Crippen LogP contribution in [0.5, 0.6) is 0 Å². The van der Waals surface area contributed by atoms with Gasteiger partial charge >= 0.3 is 0 Å². The van der Waals surface area contributed by atoms with Gasteiger partial charge in [0.1, 0.15) is 6.04 Å². The molecule has 0 spiro atoms. The fourth-order valence-electron chi connectivity index (χ4n) is 3.38. The first-order chi connectivity index (χ1) is 14.1. The van der Waals surface area contributed by atoms with E-state index in [4.69, 9.17) is 0 Å².